The Morgan fingerprint density at radius 3 is 2.33 bits per heavy atom. The Labute approximate surface area is 200 Å². The zero-order valence-electron chi connectivity index (χ0n) is 19.1. The van der Waals surface area contributed by atoms with Crippen LogP contribution >= 0.6 is 11.6 Å². The second-order valence-corrected chi connectivity index (χ2v) is 10.5. The van der Waals surface area contributed by atoms with E-state index in [-0.39, 0.29) is 29.2 Å². The fraction of sp³-hybridized carbons (Fsp3) is 0.417. The van der Waals surface area contributed by atoms with Gasteiger partial charge in [0.2, 0.25) is 5.91 Å². The number of ether oxygens (including phenoxy) is 1. The van der Waals surface area contributed by atoms with Gasteiger partial charge in [-0.1, -0.05) is 35.4 Å². The van der Waals surface area contributed by atoms with Gasteiger partial charge in [-0.05, 0) is 63.4 Å². The molecule has 1 saturated heterocycles. The molecule has 0 aromatic heterocycles. The van der Waals surface area contributed by atoms with Crippen molar-refractivity contribution in [1.29, 1.82) is 0 Å². The fourth-order valence-electron chi connectivity index (χ4n) is 3.84. The number of hydrogen-bond acceptors (Lipinski definition) is 5. The lowest BCUT2D eigenvalue weighted by molar-refractivity contribution is -0.151. The highest BCUT2D eigenvalue weighted by Crippen LogP contribution is 2.30. The minimum absolute atomic E-state index is 0.0984. The van der Waals surface area contributed by atoms with Crippen LogP contribution in [0.15, 0.2) is 47.4 Å². The predicted molar refractivity (Wildman–Crippen MR) is 128 cm³/mol. The Morgan fingerprint density at radius 1 is 1.09 bits per heavy atom. The Kier molecular flexibility index (Phi) is 8.02. The number of likely N-dealkylation sites (tertiary alicyclic amines) is 1. The van der Waals surface area contributed by atoms with Gasteiger partial charge in [-0.2, -0.15) is 0 Å². The number of amides is 1. The van der Waals surface area contributed by atoms with Crippen molar-refractivity contribution >= 4 is 39.2 Å². The van der Waals surface area contributed by atoms with Crippen molar-refractivity contribution in [2.75, 3.05) is 30.5 Å². The Morgan fingerprint density at radius 2 is 1.73 bits per heavy atom. The van der Waals surface area contributed by atoms with E-state index in [2.05, 4.69) is 0 Å². The van der Waals surface area contributed by atoms with Gasteiger partial charge in [0, 0.05) is 18.1 Å². The van der Waals surface area contributed by atoms with E-state index >= 15 is 0 Å². The zero-order valence-corrected chi connectivity index (χ0v) is 20.7. The molecule has 1 fully saturated rings. The van der Waals surface area contributed by atoms with Gasteiger partial charge in [0.05, 0.1) is 23.1 Å². The van der Waals surface area contributed by atoms with Crippen molar-refractivity contribution in [3.05, 3.63) is 58.6 Å². The lowest BCUT2D eigenvalue weighted by atomic mass is 9.97. The number of halogens is 1. The van der Waals surface area contributed by atoms with E-state index < -0.39 is 10.0 Å². The highest BCUT2D eigenvalue weighted by atomic mass is 35.5. The van der Waals surface area contributed by atoms with Crippen LogP contribution in [0.2, 0.25) is 5.02 Å². The van der Waals surface area contributed by atoms with Crippen molar-refractivity contribution in [2.45, 2.75) is 38.5 Å². The van der Waals surface area contributed by atoms with Crippen LogP contribution in [0.5, 0.6) is 0 Å². The SMILES string of the molecule is CCOC(=O)C1CCN(C(=O)CN(c2cc(Cl)ccc2C)S(=O)(=O)c2ccc(C)cc2)CC1. The number of carbonyl (C=O) groups is 2. The molecule has 7 nitrogen and oxygen atoms in total. The number of sulfonamides is 1. The minimum atomic E-state index is -4.02. The van der Waals surface area contributed by atoms with Crippen molar-refractivity contribution < 1.29 is 22.7 Å². The average Bonchev–Trinajstić information content (AvgIpc) is 2.79. The van der Waals surface area contributed by atoms with Crippen LogP contribution in [0.4, 0.5) is 5.69 Å². The molecule has 178 valence electrons. The number of benzene rings is 2. The van der Waals surface area contributed by atoms with Gasteiger partial charge in [-0.25, -0.2) is 8.42 Å². The average molecular weight is 493 g/mol. The molecular formula is C24H29ClN2O5S. The molecule has 1 heterocycles. The quantitative estimate of drug-likeness (QED) is 0.546. The molecule has 0 spiro atoms. The number of esters is 1. The molecule has 33 heavy (non-hydrogen) atoms. The molecule has 0 aliphatic carbocycles. The van der Waals surface area contributed by atoms with E-state index in [1.807, 2.05) is 6.92 Å². The van der Waals surface area contributed by atoms with Gasteiger partial charge in [-0.3, -0.25) is 13.9 Å². The Hall–Kier alpha value is -2.58. The molecule has 1 aliphatic heterocycles. The first-order valence-electron chi connectivity index (χ1n) is 10.9. The van der Waals surface area contributed by atoms with Crippen molar-refractivity contribution in [3.63, 3.8) is 0 Å². The summed E-state index contributed by atoms with van der Waals surface area (Å²) >= 11 is 6.17. The predicted octanol–water partition coefficient (Wildman–Crippen LogP) is 3.95. The van der Waals surface area contributed by atoms with E-state index in [1.165, 1.54) is 12.1 Å². The highest BCUT2D eigenvalue weighted by molar-refractivity contribution is 7.92. The fourth-order valence-corrected chi connectivity index (χ4v) is 5.47. The molecule has 9 heteroatoms. The second kappa shape index (κ2) is 10.6. The third kappa shape index (κ3) is 5.86. The molecule has 0 atom stereocenters. The van der Waals surface area contributed by atoms with Crippen LogP contribution in [0, 0.1) is 19.8 Å². The molecule has 1 amide bonds. The molecule has 1 aliphatic rings. The smallest absolute Gasteiger partial charge is 0.309 e. The summed E-state index contributed by atoms with van der Waals surface area (Å²) in [4.78, 5) is 26.9. The standard InChI is InChI=1S/C24H29ClN2O5S/c1-4-32-24(29)19-11-13-26(14-12-19)23(28)16-27(22-15-20(25)8-7-18(22)3)33(30,31)21-9-5-17(2)6-10-21/h5-10,15,19H,4,11-14,16H2,1-3H3. The molecular weight excluding hydrogens is 464 g/mol. The first kappa shape index (κ1) is 25.1. The molecule has 0 N–H and O–H groups in total. The highest BCUT2D eigenvalue weighted by Gasteiger charge is 2.33. The summed E-state index contributed by atoms with van der Waals surface area (Å²) in [5.74, 6) is -0.813. The number of carbonyl (C=O) groups excluding carboxylic acids is 2. The normalized spacial score (nSPS) is 14.7. The van der Waals surface area contributed by atoms with E-state index in [4.69, 9.17) is 16.3 Å². The number of aryl methyl sites for hydroxylation is 2. The molecule has 0 radical (unpaired) electrons. The molecule has 0 saturated carbocycles. The lowest BCUT2D eigenvalue weighted by Gasteiger charge is -2.33. The first-order chi connectivity index (χ1) is 15.6. The summed E-state index contributed by atoms with van der Waals surface area (Å²) in [6.07, 6.45) is 0.983. The third-order valence-corrected chi connectivity index (χ3v) is 7.80. The summed E-state index contributed by atoms with van der Waals surface area (Å²) in [5, 5.41) is 0.377. The monoisotopic (exact) mass is 492 g/mol. The third-order valence-electron chi connectivity index (χ3n) is 5.80. The maximum atomic E-state index is 13.6. The number of nitrogens with zero attached hydrogens (tertiary/aromatic N) is 2. The van der Waals surface area contributed by atoms with Crippen LogP contribution in [-0.2, 0) is 24.3 Å². The summed E-state index contributed by atoms with van der Waals surface area (Å²) in [5.41, 5.74) is 1.97. The van der Waals surface area contributed by atoms with Gasteiger partial charge in [-0.15, -0.1) is 0 Å². The Balaban J connectivity index is 1.86. The summed E-state index contributed by atoms with van der Waals surface area (Å²) in [6.45, 7) is 6.11. The molecule has 0 unspecified atom stereocenters. The largest absolute Gasteiger partial charge is 0.466 e. The number of anilines is 1. The van der Waals surface area contributed by atoms with Crippen LogP contribution in [0.3, 0.4) is 0 Å². The summed E-state index contributed by atoms with van der Waals surface area (Å²) < 4.78 is 33.4. The van der Waals surface area contributed by atoms with Gasteiger partial charge < -0.3 is 9.64 Å². The number of piperidine rings is 1. The number of hydrogen-bond donors (Lipinski definition) is 0. The molecule has 0 bridgehead atoms. The summed E-state index contributed by atoms with van der Waals surface area (Å²) in [7, 11) is -4.02. The van der Waals surface area contributed by atoms with E-state index in [0.29, 0.717) is 48.8 Å². The van der Waals surface area contributed by atoms with Crippen LogP contribution in [0.1, 0.15) is 30.9 Å². The zero-order chi connectivity index (χ0) is 24.2. The van der Waals surface area contributed by atoms with Gasteiger partial charge >= 0.3 is 5.97 Å². The number of rotatable bonds is 7. The van der Waals surface area contributed by atoms with Crippen molar-refractivity contribution in [1.82, 2.24) is 4.90 Å². The van der Waals surface area contributed by atoms with Crippen LogP contribution in [0.25, 0.3) is 0 Å². The van der Waals surface area contributed by atoms with E-state index in [9.17, 15) is 18.0 Å². The first-order valence-corrected chi connectivity index (χ1v) is 12.7. The maximum Gasteiger partial charge on any atom is 0.309 e. The van der Waals surface area contributed by atoms with Gasteiger partial charge in [0.1, 0.15) is 6.54 Å². The van der Waals surface area contributed by atoms with Crippen LogP contribution < -0.4 is 4.31 Å². The summed E-state index contributed by atoms with van der Waals surface area (Å²) in [6, 6.07) is 11.5. The van der Waals surface area contributed by atoms with E-state index in [1.54, 1.807) is 49.1 Å². The maximum absolute atomic E-state index is 13.6. The molecule has 2 aromatic rings. The minimum Gasteiger partial charge on any atom is -0.466 e. The topological polar surface area (TPSA) is 84.0 Å². The Bertz CT molecular complexity index is 1110. The second-order valence-electron chi connectivity index (χ2n) is 8.16. The van der Waals surface area contributed by atoms with Gasteiger partial charge in [0.25, 0.3) is 10.0 Å². The lowest BCUT2D eigenvalue weighted by Crippen LogP contribution is -2.47. The molecule has 2 aromatic carbocycles. The van der Waals surface area contributed by atoms with Crippen LogP contribution in [-0.4, -0.2) is 51.4 Å². The van der Waals surface area contributed by atoms with Gasteiger partial charge in [0.15, 0.2) is 0 Å². The van der Waals surface area contributed by atoms with Crippen molar-refractivity contribution in [2.24, 2.45) is 5.92 Å². The van der Waals surface area contributed by atoms with Crippen molar-refractivity contribution in [3.8, 4) is 0 Å². The van der Waals surface area contributed by atoms with E-state index in [0.717, 1.165) is 9.87 Å². The molecule has 3 rings (SSSR count).